The van der Waals surface area contributed by atoms with Gasteiger partial charge in [0.2, 0.25) is 0 Å². The third-order valence-electron chi connectivity index (χ3n) is 3.26. The Labute approximate surface area is 99.0 Å². The second kappa shape index (κ2) is 5.11. The van der Waals surface area contributed by atoms with E-state index in [4.69, 9.17) is 0 Å². The molecule has 0 heterocycles. The highest BCUT2D eigenvalue weighted by Gasteiger charge is 2.23. The maximum absolute atomic E-state index is 13.5. The fourth-order valence-corrected chi connectivity index (χ4v) is 3.11. The number of hydrogen-bond donors (Lipinski definition) is 0. The highest BCUT2D eigenvalue weighted by molar-refractivity contribution is 9.09. The zero-order valence-corrected chi connectivity index (χ0v) is 10.3. The van der Waals surface area contributed by atoms with Crippen molar-refractivity contribution in [1.82, 2.24) is 0 Å². The lowest BCUT2D eigenvalue weighted by molar-refractivity contribution is 0.369. The van der Waals surface area contributed by atoms with E-state index in [-0.39, 0.29) is 5.82 Å². The predicted octanol–water partition coefficient (Wildman–Crippen LogP) is 4.32. The zero-order chi connectivity index (χ0) is 10.7. The van der Waals surface area contributed by atoms with Crippen LogP contribution in [-0.4, -0.2) is 4.83 Å². The summed E-state index contributed by atoms with van der Waals surface area (Å²) >= 11 is 3.71. The van der Waals surface area contributed by atoms with E-state index in [9.17, 15) is 4.39 Å². The van der Waals surface area contributed by atoms with Crippen molar-refractivity contribution in [2.45, 2.75) is 36.9 Å². The summed E-state index contributed by atoms with van der Waals surface area (Å²) in [6, 6.07) is 7.14. The van der Waals surface area contributed by atoms with Gasteiger partial charge in [0.05, 0.1) is 0 Å². The average Bonchev–Trinajstić information content (AvgIpc) is 2.24. The van der Waals surface area contributed by atoms with Gasteiger partial charge in [-0.2, -0.15) is 0 Å². The summed E-state index contributed by atoms with van der Waals surface area (Å²) in [6.45, 7) is 0. The normalized spacial score (nSPS) is 26.5. The molecule has 1 aromatic rings. The van der Waals surface area contributed by atoms with Gasteiger partial charge in [-0.1, -0.05) is 47.0 Å². The molecule has 0 saturated heterocycles. The number of benzene rings is 1. The van der Waals surface area contributed by atoms with Crippen LogP contribution in [0.1, 0.15) is 31.2 Å². The van der Waals surface area contributed by atoms with Gasteiger partial charge in [-0.25, -0.2) is 4.39 Å². The Morgan fingerprint density at radius 3 is 2.67 bits per heavy atom. The van der Waals surface area contributed by atoms with Crippen molar-refractivity contribution in [3.05, 3.63) is 35.6 Å². The first-order chi connectivity index (χ1) is 7.27. The van der Waals surface area contributed by atoms with Crippen LogP contribution in [0.5, 0.6) is 0 Å². The minimum atomic E-state index is -0.0530. The van der Waals surface area contributed by atoms with Gasteiger partial charge >= 0.3 is 0 Å². The van der Waals surface area contributed by atoms with Crippen molar-refractivity contribution < 1.29 is 4.39 Å². The summed E-state index contributed by atoms with van der Waals surface area (Å²) in [4.78, 5) is 0.575. The van der Waals surface area contributed by atoms with E-state index in [0.717, 1.165) is 12.0 Å². The molecule has 1 saturated carbocycles. The van der Waals surface area contributed by atoms with Gasteiger partial charge in [-0.15, -0.1) is 0 Å². The Balaban J connectivity index is 2.04. The topological polar surface area (TPSA) is 0 Å². The molecule has 1 fully saturated rings. The molecule has 0 aromatic heterocycles. The van der Waals surface area contributed by atoms with Gasteiger partial charge < -0.3 is 0 Å². The second-order valence-corrected chi connectivity index (χ2v) is 5.53. The molecule has 1 aromatic carbocycles. The van der Waals surface area contributed by atoms with Crippen LogP contribution in [0, 0.1) is 11.7 Å². The summed E-state index contributed by atoms with van der Waals surface area (Å²) in [5.74, 6) is 0.554. The van der Waals surface area contributed by atoms with Crippen LogP contribution in [-0.2, 0) is 6.42 Å². The SMILES string of the molecule is Fc1ccccc1CC1CCCCC1Br. The molecule has 0 N–H and O–H groups in total. The molecule has 0 amide bonds. The Morgan fingerprint density at radius 1 is 1.20 bits per heavy atom. The summed E-state index contributed by atoms with van der Waals surface area (Å²) in [5, 5.41) is 0. The lowest BCUT2D eigenvalue weighted by Crippen LogP contribution is -2.21. The van der Waals surface area contributed by atoms with Crippen molar-refractivity contribution in [2.24, 2.45) is 5.92 Å². The maximum atomic E-state index is 13.5. The Morgan fingerprint density at radius 2 is 1.93 bits per heavy atom. The Bertz CT molecular complexity index is 324. The predicted molar refractivity (Wildman–Crippen MR) is 64.8 cm³/mol. The molecule has 2 atom stereocenters. The average molecular weight is 271 g/mol. The zero-order valence-electron chi connectivity index (χ0n) is 8.76. The highest BCUT2D eigenvalue weighted by atomic mass is 79.9. The van der Waals surface area contributed by atoms with Crippen molar-refractivity contribution in [2.75, 3.05) is 0 Å². The first kappa shape index (κ1) is 11.1. The Kier molecular flexibility index (Phi) is 3.79. The molecule has 2 heteroatoms. The largest absolute Gasteiger partial charge is 0.207 e. The van der Waals surface area contributed by atoms with Crippen LogP contribution in [0.4, 0.5) is 4.39 Å². The van der Waals surface area contributed by atoms with Crippen LogP contribution >= 0.6 is 15.9 Å². The van der Waals surface area contributed by atoms with Crippen molar-refractivity contribution in [1.29, 1.82) is 0 Å². The summed E-state index contributed by atoms with van der Waals surface area (Å²) in [7, 11) is 0. The van der Waals surface area contributed by atoms with E-state index in [0.29, 0.717) is 10.7 Å². The first-order valence-corrected chi connectivity index (χ1v) is 6.56. The van der Waals surface area contributed by atoms with Crippen molar-refractivity contribution >= 4 is 15.9 Å². The molecule has 15 heavy (non-hydrogen) atoms. The molecule has 1 aliphatic carbocycles. The standard InChI is InChI=1S/C13H16BrF/c14-12-7-3-1-5-10(12)9-11-6-2-4-8-13(11)15/h2,4,6,8,10,12H,1,3,5,7,9H2. The lowest BCUT2D eigenvalue weighted by atomic mass is 9.84. The second-order valence-electron chi connectivity index (χ2n) is 4.36. The number of alkyl halides is 1. The summed E-state index contributed by atoms with van der Waals surface area (Å²) in [6.07, 6.45) is 5.94. The van der Waals surface area contributed by atoms with Gasteiger partial charge in [-0.3, -0.25) is 0 Å². The van der Waals surface area contributed by atoms with Gasteiger partial charge in [0.15, 0.2) is 0 Å². The van der Waals surface area contributed by atoms with Crippen LogP contribution in [0.15, 0.2) is 24.3 Å². The Hall–Kier alpha value is -0.370. The first-order valence-electron chi connectivity index (χ1n) is 5.65. The van der Waals surface area contributed by atoms with E-state index in [1.165, 1.54) is 25.7 Å². The molecular weight excluding hydrogens is 255 g/mol. The van der Waals surface area contributed by atoms with Crippen LogP contribution in [0.2, 0.25) is 0 Å². The van der Waals surface area contributed by atoms with E-state index < -0.39 is 0 Å². The monoisotopic (exact) mass is 270 g/mol. The lowest BCUT2D eigenvalue weighted by Gasteiger charge is -2.27. The fraction of sp³-hybridized carbons (Fsp3) is 0.538. The molecule has 0 radical (unpaired) electrons. The molecular formula is C13H16BrF. The molecule has 1 aliphatic rings. The summed E-state index contributed by atoms with van der Waals surface area (Å²) in [5.41, 5.74) is 0.869. The fourth-order valence-electron chi connectivity index (χ4n) is 2.34. The third-order valence-corrected chi connectivity index (χ3v) is 4.46. The van der Waals surface area contributed by atoms with E-state index in [2.05, 4.69) is 15.9 Å². The molecule has 0 spiro atoms. The van der Waals surface area contributed by atoms with E-state index in [1.807, 2.05) is 12.1 Å². The minimum absolute atomic E-state index is 0.0530. The molecule has 2 rings (SSSR count). The third kappa shape index (κ3) is 2.81. The number of rotatable bonds is 2. The summed E-state index contributed by atoms with van der Waals surface area (Å²) < 4.78 is 13.5. The van der Waals surface area contributed by atoms with Crippen LogP contribution < -0.4 is 0 Å². The molecule has 0 nitrogen and oxygen atoms in total. The van der Waals surface area contributed by atoms with Gasteiger partial charge in [0.25, 0.3) is 0 Å². The van der Waals surface area contributed by atoms with E-state index >= 15 is 0 Å². The molecule has 2 unspecified atom stereocenters. The van der Waals surface area contributed by atoms with E-state index in [1.54, 1.807) is 12.1 Å². The number of halogens is 2. The van der Waals surface area contributed by atoms with Crippen molar-refractivity contribution in [3.63, 3.8) is 0 Å². The number of hydrogen-bond acceptors (Lipinski definition) is 0. The quantitative estimate of drug-likeness (QED) is 0.703. The van der Waals surface area contributed by atoms with Crippen LogP contribution in [0.25, 0.3) is 0 Å². The molecule has 0 aliphatic heterocycles. The molecule has 0 bridgehead atoms. The minimum Gasteiger partial charge on any atom is -0.207 e. The van der Waals surface area contributed by atoms with Crippen molar-refractivity contribution in [3.8, 4) is 0 Å². The van der Waals surface area contributed by atoms with Gasteiger partial charge in [-0.05, 0) is 36.8 Å². The van der Waals surface area contributed by atoms with Gasteiger partial charge in [0.1, 0.15) is 5.82 Å². The molecule has 82 valence electrons. The smallest absolute Gasteiger partial charge is 0.126 e. The van der Waals surface area contributed by atoms with Crippen LogP contribution in [0.3, 0.4) is 0 Å². The maximum Gasteiger partial charge on any atom is 0.126 e. The highest BCUT2D eigenvalue weighted by Crippen LogP contribution is 2.32. The van der Waals surface area contributed by atoms with Gasteiger partial charge in [0, 0.05) is 4.83 Å².